The number of hydrogen-bond donors (Lipinski definition) is 2. The Hall–Kier alpha value is -1.10. The van der Waals surface area contributed by atoms with Gasteiger partial charge in [0, 0.05) is 5.02 Å². The third-order valence-corrected chi connectivity index (χ3v) is 3.16. The zero-order chi connectivity index (χ0) is 13.9. The van der Waals surface area contributed by atoms with Gasteiger partial charge < -0.3 is 14.9 Å². The fraction of sp³-hybridized carbons (Fsp3) is 0.462. The predicted molar refractivity (Wildman–Crippen MR) is 68.8 cm³/mol. The maximum atomic E-state index is 11.2. The maximum absolute atomic E-state index is 11.2. The first-order chi connectivity index (χ1) is 8.32. The molecule has 5 heteroatoms. The van der Waals surface area contributed by atoms with Crippen molar-refractivity contribution in [3.8, 4) is 0 Å². The van der Waals surface area contributed by atoms with E-state index < -0.39 is 24.3 Å². The van der Waals surface area contributed by atoms with Crippen molar-refractivity contribution in [1.82, 2.24) is 0 Å². The molecule has 0 aliphatic carbocycles. The van der Waals surface area contributed by atoms with Crippen LogP contribution in [0.1, 0.15) is 31.1 Å². The van der Waals surface area contributed by atoms with Gasteiger partial charge in [-0.3, -0.25) is 0 Å². The van der Waals surface area contributed by atoms with Gasteiger partial charge in [-0.15, -0.1) is 0 Å². The van der Waals surface area contributed by atoms with Crippen LogP contribution in [0.15, 0.2) is 18.2 Å². The molecule has 0 aliphatic heterocycles. The van der Waals surface area contributed by atoms with Crippen molar-refractivity contribution >= 4 is 17.6 Å². The first kappa shape index (κ1) is 15.0. The lowest BCUT2D eigenvalue weighted by Crippen LogP contribution is -2.28. The molecule has 0 saturated heterocycles. The number of halogens is 1. The van der Waals surface area contributed by atoms with E-state index in [0.29, 0.717) is 10.6 Å². The number of ether oxygens (including phenoxy) is 1. The number of aliphatic hydroxyl groups excluding tert-OH is 1. The summed E-state index contributed by atoms with van der Waals surface area (Å²) in [4.78, 5) is 11.2. The van der Waals surface area contributed by atoms with Crippen LogP contribution in [-0.2, 0) is 9.53 Å². The first-order valence-electron chi connectivity index (χ1n) is 5.65. The van der Waals surface area contributed by atoms with Crippen molar-refractivity contribution in [1.29, 1.82) is 0 Å². The number of hydrogen-bond acceptors (Lipinski definition) is 3. The van der Waals surface area contributed by atoms with Crippen LogP contribution in [0.2, 0.25) is 5.02 Å². The summed E-state index contributed by atoms with van der Waals surface area (Å²) in [5, 5.41) is 19.0. The van der Waals surface area contributed by atoms with E-state index in [2.05, 4.69) is 0 Å². The summed E-state index contributed by atoms with van der Waals surface area (Å²) >= 11 is 5.96. The van der Waals surface area contributed by atoms with Crippen LogP contribution in [0.5, 0.6) is 0 Å². The molecular weight excluding hydrogens is 256 g/mol. The second-order valence-electron chi connectivity index (χ2n) is 4.31. The lowest BCUT2D eigenvalue weighted by molar-refractivity contribution is -0.158. The lowest BCUT2D eigenvalue weighted by Gasteiger charge is -2.21. The Labute approximate surface area is 111 Å². The second kappa shape index (κ2) is 6.18. The van der Waals surface area contributed by atoms with Crippen LogP contribution in [-0.4, -0.2) is 28.4 Å². The molecule has 1 rings (SSSR count). The number of carboxylic acid groups (broad SMARTS) is 1. The second-order valence-corrected chi connectivity index (χ2v) is 4.72. The molecule has 0 aliphatic rings. The SMILES string of the molecule is Cc1ccc(C(OC(C)C(C)O)C(=O)O)cc1Cl. The minimum Gasteiger partial charge on any atom is -0.479 e. The summed E-state index contributed by atoms with van der Waals surface area (Å²) in [5.41, 5.74) is 1.33. The van der Waals surface area contributed by atoms with Crippen LogP contribution < -0.4 is 0 Å². The van der Waals surface area contributed by atoms with Crippen LogP contribution in [0.25, 0.3) is 0 Å². The Balaban J connectivity index is 2.97. The molecule has 2 N–H and O–H groups in total. The van der Waals surface area contributed by atoms with Crippen molar-refractivity contribution in [2.45, 2.75) is 39.1 Å². The zero-order valence-corrected chi connectivity index (χ0v) is 11.3. The predicted octanol–water partition coefficient (Wildman–Crippen LogP) is 2.56. The van der Waals surface area contributed by atoms with E-state index in [4.69, 9.17) is 21.4 Å². The maximum Gasteiger partial charge on any atom is 0.337 e. The van der Waals surface area contributed by atoms with Gasteiger partial charge in [0.1, 0.15) is 0 Å². The molecule has 0 heterocycles. The molecule has 100 valence electrons. The Morgan fingerprint density at radius 3 is 2.44 bits per heavy atom. The van der Waals surface area contributed by atoms with E-state index in [1.54, 1.807) is 32.0 Å². The molecule has 0 saturated carbocycles. The van der Waals surface area contributed by atoms with Crippen LogP contribution in [0, 0.1) is 6.92 Å². The number of aliphatic hydroxyl groups is 1. The van der Waals surface area contributed by atoms with Crippen molar-refractivity contribution in [2.24, 2.45) is 0 Å². The fourth-order valence-electron chi connectivity index (χ4n) is 1.38. The monoisotopic (exact) mass is 272 g/mol. The van der Waals surface area contributed by atoms with Crippen LogP contribution >= 0.6 is 11.6 Å². The third kappa shape index (κ3) is 3.70. The molecular formula is C13H17ClO4. The van der Waals surface area contributed by atoms with Gasteiger partial charge in [0.15, 0.2) is 6.10 Å². The molecule has 0 radical (unpaired) electrons. The van der Waals surface area contributed by atoms with E-state index in [1.165, 1.54) is 0 Å². The number of benzene rings is 1. The Kier molecular flexibility index (Phi) is 5.14. The van der Waals surface area contributed by atoms with Gasteiger partial charge in [-0.2, -0.15) is 0 Å². The summed E-state index contributed by atoms with van der Waals surface area (Å²) in [7, 11) is 0. The van der Waals surface area contributed by atoms with Gasteiger partial charge in [-0.05, 0) is 38.0 Å². The molecule has 0 spiro atoms. The largest absolute Gasteiger partial charge is 0.479 e. The van der Waals surface area contributed by atoms with Crippen molar-refractivity contribution < 1.29 is 19.7 Å². The number of rotatable bonds is 5. The van der Waals surface area contributed by atoms with Crippen molar-refractivity contribution in [2.75, 3.05) is 0 Å². The van der Waals surface area contributed by atoms with Gasteiger partial charge in [0.05, 0.1) is 12.2 Å². The zero-order valence-electron chi connectivity index (χ0n) is 10.6. The molecule has 0 aromatic heterocycles. The summed E-state index contributed by atoms with van der Waals surface area (Å²) in [6.07, 6.45) is -2.45. The van der Waals surface area contributed by atoms with E-state index >= 15 is 0 Å². The van der Waals surface area contributed by atoms with E-state index in [9.17, 15) is 9.90 Å². The average molecular weight is 273 g/mol. The van der Waals surface area contributed by atoms with Gasteiger partial charge in [0.2, 0.25) is 0 Å². The van der Waals surface area contributed by atoms with Gasteiger partial charge in [0.25, 0.3) is 0 Å². The third-order valence-electron chi connectivity index (χ3n) is 2.75. The number of carbonyl (C=O) groups is 1. The minimum atomic E-state index is -1.13. The Bertz CT molecular complexity index is 431. The quantitative estimate of drug-likeness (QED) is 0.864. The lowest BCUT2D eigenvalue weighted by atomic mass is 10.1. The first-order valence-corrected chi connectivity index (χ1v) is 6.03. The molecule has 3 atom stereocenters. The van der Waals surface area contributed by atoms with Gasteiger partial charge in [-0.25, -0.2) is 4.79 Å². The molecule has 4 nitrogen and oxygen atoms in total. The van der Waals surface area contributed by atoms with Gasteiger partial charge >= 0.3 is 5.97 Å². The normalized spacial score (nSPS) is 16.1. The molecule has 0 fully saturated rings. The molecule has 18 heavy (non-hydrogen) atoms. The topological polar surface area (TPSA) is 66.8 Å². The minimum absolute atomic E-state index is 0.464. The smallest absolute Gasteiger partial charge is 0.337 e. The Morgan fingerprint density at radius 1 is 1.39 bits per heavy atom. The highest BCUT2D eigenvalue weighted by Crippen LogP contribution is 2.25. The fourth-order valence-corrected chi connectivity index (χ4v) is 1.57. The van der Waals surface area contributed by atoms with E-state index in [0.717, 1.165) is 5.56 Å². The van der Waals surface area contributed by atoms with Crippen LogP contribution in [0.3, 0.4) is 0 Å². The van der Waals surface area contributed by atoms with Gasteiger partial charge in [-0.1, -0.05) is 23.7 Å². The average Bonchev–Trinajstić information content (AvgIpc) is 2.29. The van der Waals surface area contributed by atoms with Crippen LogP contribution in [0.4, 0.5) is 0 Å². The molecule has 0 bridgehead atoms. The molecule has 0 amide bonds. The Morgan fingerprint density at radius 2 is 2.00 bits per heavy atom. The van der Waals surface area contributed by atoms with E-state index in [1.807, 2.05) is 6.92 Å². The highest BCUT2D eigenvalue weighted by molar-refractivity contribution is 6.31. The molecule has 1 aromatic rings. The van der Waals surface area contributed by atoms with Crippen molar-refractivity contribution in [3.05, 3.63) is 34.3 Å². The standard InChI is InChI=1S/C13H17ClO4/c1-7-4-5-10(6-11(7)14)12(13(16)17)18-9(3)8(2)15/h4-6,8-9,12,15H,1-3H3,(H,16,17). The molecule has 1 aromatic carbocycles. The number of aliphatic carboxylic acids is 1. The summed E-state index contributed by atoms with van der Waals surface area (Å²) < 4.78 is 5.35. The molecule has 3 unspecified atom stereocenters. The highest BCUT2D eigenvalue weighted by Gasteiger charge is 2.25. The van der Waals surface area contributed by atoms with Crippen molar-refractivity contribution in [3.63, 3.8) is 0 Å². The summed E-state index contributed by atoms with van der Waals surface area (Å²) in [6, 6.07) is 4.98. The number of aryl methyl sites for hydroxylation is 1. The summed E-state index contributed by atoms with van der Waals surface area (Å²) in [6.45, 7) is 5.00. The summed E-state index contributed by atoms with van der Waals surface area (Å²) in [5.74, 6) is -1.11. The number of carboxylic acids is 1. The van der Waals surface area contributed by atoms with E-state index in [-0.39, 0.29) is 0 Å². The highest BCUT2D eigenvalue weighted by atomic mass is 35.5.